The Kier molecular flexibility index (Phi) is 5.13. The van der Waals surface area contributed by atoms with Gasteiger partial charge in [-0.25, -0.2) is 9.97 Å². The smallest absolute Gasteiger partial charge is 0.268 e. The number of aryl methyl sites for hydroxylation is 1. The van der Waals surface area contributed by atoms with E-state index in [-0.39, 0.29) is 11.7 Å². The molecule has 0 spiro atoms. The number of carbonyl (C=O) groups is 1. The molecule has 4 N–H and O–H groups in total. The number of aromatic nitrogens is 2. The molecule has 2 aromatic rings. The third-order valence-electron chi connectivity index (χ3n) is 4.35. The molecule has 1 aromatic carbocycles. The quantitative estimate of drug-likeness (QED) is 0.853. The molecule has 0 atom stereocenters. The topological polar surface area (TPSA) is 98.1 Å². The van der Waals surface area contributed by atoms with Crippen LogP contribution >= 0.6 is 23.2 Å². The zero-order chi connectivity index (χ0) is 18.1. The standard InChI is InChI=1S/C17H19Cl2N5O/c1-9-13(11-3-2-4-12(18)14(11)19)15(16(21)25)23-17(22-9)24-7-5-10(20)6-8-24/h2-4,10H,5-8,20H2,1H3,(H2,21,25). The number of hydrogen-bond donors (Lipinski definition) is 2. The van der Waals surface area contributed by atoms with E-state index in [4.69, 9.17) is 34.7 Å². The summed E-state index contributed by atoms with van der Waals surface area (Å²) in [7, 11) is 0. The van der Waals surface area contributed by atoms with Gasteiger partial charge in [0.1, 0.15) is 5.69 Å². The monoisotopic (exact) mass is 379 g/mol. The second-order valence-electron chi connectivity index (χ2n) is 6.12. The van der Waals surface area contributed by atoms with Gasteiger partial charge in [-0.05, 0) is 25.8 Å². The van der Waals surface area contributed by atoms with Crippen LogP contribution in [0.4, 0.5) is 5.95 Å². The van der Waals surface area contributed by atoms with Gasteiger partial charge in [-0.15, -0.1) is 0 Å². The average molecular weight is 380 g/mol. The summed E-state index contributed by atoms with van der Waals surface area (Å²) in [5.41, 5.74) is 13.4. The number of rotatable bonds is 3. The van der Waals surface area contributed by atoms with Crippen molar-refractivity contribution in [3.63, 3.8) is 0 Å². The lowest BCUT2D eigenvalue weighted by molar-refractivity contribution is 0.0996. The van der Waals surface area contributed by atoms with Crippen molar-refractivity contribution in [3.8, 4) is 11.1 Å². The normalized spacial score (nSPS) is 15.4. The molecule has 0 aliphatic carbocycles. The summed E-state index contributed by atoms with van der Waals surface area (Å²) in [6.45, 7) is 3.30. The van der Waals surface area contributed by atoms with Crippen molar-refractivity contribution in [3.05, 3.63) is 39.6 Å². The molecule has 2 heterocycles. The van der Waals surface area contributed by atoms with Crippen LogP contribution in [0.5, 0.6) is 0 Å². The Morgan fingerprint density at radius 2 is 1.92 bits per heavy atom. The van der Waals surface area contributed by atoms with Crippen LogP contribution in [0.25, 0.3) is 11.1 Å². The molecule has 1 aliphatic heterocycles. The minimum absolute atomic E-state index is 0.140. The van der Waals surface area contributed by atoms with Crippen molar-refractivity contribution in [2.24, 2.45) is 11.5 Å². The van der Waals surface area contributed by atoms with Crippen molar-refractivity contribution in [2.45, 2.75) is 25.8 Å². The van der Waals surface area contributed by atoms with Gasteiger partial charge in [0.2, 0.25) is 5.95 Å². The fourth-order valence-corrected chi connectivity index (χ4v) is 3.39. The van der Waals surface area contributed by atoms with Crippen LogP contribution in [0.2, 0.25) is 10.0 Å². The Hall–Kier alpha value is -1.89. The molecule has 1 aromatic heterocycles. The fraction of sp³-hybridized carbons (Fsp3) is 0.353. The minimum Gasteiger partial charge on any atom is -0.364 e. The summed E-state index contributed by atoms with van der Waals surface area (Å²) in [4.78, 5) is 23.1. The number of carbonyl (C=O) groups excluding carboxylic acids is 1. The Morgan fingerprint density at radius 3 is 2.56 bits per heavy atom. The molecular formula is C17H19Cl2N5O. The molecule has 1 saturated heterocycles. The Bertz CT molecular complexity index is 819. The molecule has 1 fully saturated rings. The lowest BCUT2D eigenvalue weighted by atomic mass is 10.0. The summed E-state index contributed by atoms with van der Waals surface area (Å²) < 4.78 is 0. The number of nitrogens with two attached hydrogens (primary N) is 2. The molecule has 25 heavy (non-hydrogen) atoms. The third-order valence-corrected chi connectivity index (χ3v) is 5.17. The van der Waals surface area contributed by atoms with Crippen molar-refractivity contribution >= 4 is 35.1 Å². The molecule has 0 radical (unpaired) electrons. The summed E-state index contributed by atoms with van der Waals surface area (Å²) in [6.07, 6.45) is 1.71. The number of primary amides is 1. The molecule has 0 unspecified atom stereocenters. The molecule has 3 rings (SSSR count). The zero-order valence-corrected chi connectivity index (χ0v) is 15.3. The first-order chi connectivity index (χ1) is 11.9. The van der Waals surface area contributed by atoms with E-state index >= 15 is 0 Å². The van der Waals surface area contributed by atoms with Gasteiger partial charge in [-0.1, -0.05) is 35.3 Å². The molecule has 132 valence electrons. The maximum absolute atomic E-state index is 12.0. The molecule has 0 saturated carbocycles. The molecule has 6 nitrogen and oxygen atoms in total. The lowest BCUT2D eigenvalue weighted by Crippen LogP contribution is -2.40. The lowest BCUT2D eigenvalue weighted by Gasteiger charge is -2.30. The highest BCUT2D eigenvalue weighted by molar-refractivity contribution is 6.43. The predicted molar refractivity (Wildman–Crippen MR) is 100 cm³/mol. The van der Waals surface area contributed by atoms with Crippen LogP contribution < -0.4 is 16.4 Å². The van der Waals surface area contributed by atoms with Gasteiger partial charge < -0.3 is 16.4 Å². The SMILES string of the molecule is Cc1nc(N2CCC(N)CC2)nc(C(N)=O)c1-c1cccc(Cl)c1Cl. The molecule has 0 bridgehead atoms. The van der Waals surface area contributed by atoms with Crippen LogP contribution in [0.15, 0.2) is 18.2 Å². The summed E-state index contributed by atoms with van der Waals surface area (Å²) >= 11 is 12.4. The van der Waals surface area contributed by atoms with Gasteiger partial charge in [0.15, 0.2) is 0 Å². The number of benzene rings is 1. The van der Waals surface area contributed by atoms with Gasteiger partial charge in [0.05, 0.1) is 15.7 Å². The van der Waals surface area contributed by atoms with Crippen molar-refractivity contribution < 1.29 is 4.79 Å². The summed E-state index contributed by atoms with van der Waals surface area (Å²) in [6, 6.07) is 5.40. The summed E-state index contributed by atoms with van der Waals surface area (Å²) in [5, 5.41) is 0.734. The number of anilines is 1. The van der Waals surface area contributed by atoms with E-state index in [1.54, 1.807) is 25.1 Å². The second kappa shape index (κ2) is 7.15. The van der Waals surface area contributed by atoms with E-state index < -0.39 is 5.91 Å². The maximum atomic E-state index is 12.0. The van der Waals surface area contributed by atoms with Crippen LogP contribution in [0.3, 0.4) is 0 Å². The Morgan fingerprint density at radius 1 is 1.24 bits per heavy atom. The Labute approximate surface area is 156 Å². The summed E-state index contributed by atoms with van der Waals surface area (Å²) in [5.74, 6) is -0.147. The van der Waals surface area contributed by atoms with Crippen LogP contribution in [0, 0.1) is 6.92 Å². The van der Waals surface area contributed by atoms with E-state index in [0.29, 0.717) is 32.8 Å². The number of hydrogen-bond acceptors (Lipinski definition) is 5. The third kappa shape index (κ3) is 3.56. The molecule has 8 heteroatoms. The van der Waals surface area contributed by atoms with Crippen molar-refractivity contribution in [1.29, 1.82) is 0 Å². The minimum atomic E-state index is -0.633. The van der Waals surface area contributed by atoms with Gasteiger partial charge in [0, 0.05) is 30.3 Å². The first kappa shape index (κ1) is 17.9. The molecule has 1 aliphatic rings. The fourth-order valence-electron chi connectivity index (χ4n) is 3.00. The van der Waals surface area contributed by atoms with Gasteiger partial charge in [-0.3, -0.25) is 4.79 Å². The molecular weight excluding hydrogens is 361 g/mol. The van der Waals surface area contributed by atoms with Gasteiger partial charge >= 0.3 is 0 Å². The van der Waals surface area contributed by atoms with Crippen LogP contribution in [-0.4, -0.2) is 35.0 Å². The van der Waals surface area contributed by atoms with Gasteiger partial charge in [0.25, 0.3) is 5.91 Å². The number of amides is 1. The van der Waals surface area contributed by atoms with Crippen LogP contribution in [0.1, 0.15) is 29.0 Å². The highest BCUT2D eigenvalue weighted by atomic mass is 35.5. The second-order valence-corrected chi connectivity index (χ2v) is 6.91. The van der Waals surface area contributed by atoms with E-state index in [1.165, 1.54) is 0 Å². The zero-order valence-electron chi connectivity index (χ0n) is 13.8. The first-order valence-corrected chi connectivity index (χ1v) is 8.77. The molecule has 1 amide bonds. The van der Waals surface area contributed by atoms with E-state index in [2.05, 4.69) is 9.97 Å². The predicted octanol–water partition coefficient (Wildman–Crippen LogP) is 2.79. The van der Waals surface area contributed by atoms with Crippen LogP contribution in [-0.2, 0) is 0 Å². The highest BCUT2D eigenvalue weighted by Gasteiger charge is 2.24. The van der Waals surface area contributed by atoms with Crippen molar-refractivity contribution in [1.82, 2.24) is 9.97 Å². The van der Waals surface area contributed by atoms with Gasteiger partial charge in [-0.2, -0.15) is 0 Å². The largest absolute Gasteiger partial charge is 0.364 e. The van der Waals surface area contributed by atoms with E-state index in [1.807, 2.05) is 4.90 Å². The van der Waals surface area contributed by atoms with E-state index in [0.717, 1.165) is 25.9 Å². The van der Waals surface area contributed by atoms with Crippen molar-refractivity contribution in [2.75, 3.05) is 18.0 Å². The first-order valence-electron chi connectivity index (χ1n) is 8.02. The number of piperidine rings is 1. The Balaban J connectivity index is 2.11. The highest BCUT2D eigenvalue weighted by Crippen LogP contribution is 2.36. The number of nitrogens with zero attached hydrogens (tertiary/aromatic N) is 3. The average Bonchev–Trinajstić information content (AvgIpc) is 2.57. The van der Waals surface area contributed by atoms with E-state index in [9.17, 15) is 4.79 Å². The number of halogens is 2. The maximum Gasteiger partial charge on any atom is 0.268 e.